The summed E-state index contributed by atoms with van der Waals surface area (Å²) in [5.74, 6) is -13.9. The fourth-order valence-electron chi connectivity index (χ4n) is 4.32. The molecule has 0 spiro atoms. The van der Waals surface area contributed by atoms with Crippen molar-refractivity contribution >= 4 is 54.0 Å². The van der Waals surface area contributed by atoms with Crippen LogP contribution in [0.25, 0.3) is 18.2 Å². The van der Waals surface area contributed by atoms with Gasteiger partial charge in [0.05, 0.1) is 5.92 Å². The fourth-order valence-corrected chi connectivity index (χ4v) is 4.32. The van der Waals surface area contributed by atoms with Gasteiger partial charge in [0.2, 0.25) is 12.2 Å². The second-order valence-electron chi connectivity index (χ2n) is 11.6. The molecule has 0 saturated heterocycles. The zero-order chi connectivity index (χ0) is 41.0. The third kappa shape index (κ3) is 12.3. The third-order valence-corrected chi connectivity index (χ3v) is 7.10. The maximum Gasteiger partial charge on any atom is 0.349 e. The van der Waals surface area contributed by atoms with Gasteiger partial charge in [0.1, 0.15) is 0 Å². The lowest BCUT2D eigenvalue weighted by atomic mass is 10.0. The lowest BCUT2D eigenvalue weighted by Crippen LogP contribution is -2.56. The van der Waals surface area contributed by atoms with Crippen LogP contribution in [0, 0.1) is 5.92 Å². The predicted octanol–water partition coefficient (Wildman–Crippen LogP) is 2.83. The van der Waals surface area contributed by atoms with Gasteiger partial charge in [0.25, 0.3) is 0 Å². The number of carboxylic acid groups (broad SMARTS) is 2. The molecule has 290 valence electrons. The Balaban J connectivity index is 2.12. The van der Waals surface area contributed by atoms with Crippen LogP contribution in [-0.2, 0) is 47.7 Å². The van der Waals surface area contributed by atoms with E-state index in [1.807, 2.05) is 0 Å². The summed E-state index contributed by atoms with van der Waals surface area (Å²) in [4.78, 5) is 77.1. The highest BCUT2D eigenvalue weighted by Crippen LogP contribution is 2.28. The molecular formula is C37H34O18. The summed E-state index contributed by atoms with van der Waals surface area (Å²) >= 11 is 0. The number of phenols is 6. The number of hydrogen-bond donors (Lipinski definition) is 8. The molecule has 3 aromatic rings. The maximum absolute atomic E-state index is 13.2. The van der Waals surface area contributed by atoms with Gasteiger partial charge in [0, 0.05) is 18.2 Å². The van der Waals surface area contributed by atoms with E-state index in [1.165, 1.54) is 32.0 Å². The molecule has 4 atom stereocenters. The van der Waals surface area contributed by atoms with Crippen LogP contribution in [0.2, 0.25) is 0 Å². The highest BCUT2D eigenvalue weighted by atomic mass is 16.6. The molecule has 0 aliphatic rings. The van der Waals surface area contributed by atoms with Crippen LogP contribution in [0.3, 0.4) is 0 Å². The fraction of sp³-hybridized carbons (Fsp3) is 0.189. The summed E-state index contributed by atoms with van der Waals surface area (Å²) in [6, 6.07) is 10.0. The first-order valence-electron chi connectivity index (χ1n) is 15.7. The molecule has 3 rings (SSSR count). The smallest absolute Gasteiger partial charge is 0.349 e. The van der Waals surface area contributed by atoms with Crippen molar-refractivity contribution in [3.05, 3.63) is 89.5 Å². The number of hydrogen-bond acceptors (Lipinski definition) is 16. The quantitative estimate of drug-likeness (QED) is 0.0450. The zero-order valence-electron chi connectivity index (χ0n) is 28.7. The predicted molar refractivity (Wildman–Crippen MR) is 186 cm³/mol. The molecule has 0 unspecified atom stereocenters. The first kappa shape index (κ1) is 41.9. The van der Waals surface area contributed by atoms with E-state index in [2.05, 4.69) is 0 Å². The van der Waals surface area contributed by atoms with Crippen molar-refractivity contribution in [1.29, 1.82) is 0 Å². The monoisotopic (exact) mass is 766 g/mol. The Bertz CT molecular complexity index is 2030. The molecule has 0 fully saturated rings. The minimum atomic E-state index is -2.70. The number of esters is 4. The number of aromatic hydroxyl groups is 6. The van der Waals surface area contributed by atoms with Crippen molar-refractivity contribution < 1.29 is 88.6 Å². The number of benzene rings is 3. The van der Waals surface area contributed by atoms with Gasteiger partial charge in [-0.2, -0.15) is 0 Å². The Labute approximate surface area is 310 Å². The van der Waals surface area contributed by atoms with Gasteiger partial charge in [-0.25, -0.2) is 24.0 Å². The van der Waals surface area contributed by atoms with Gasteiger partial charge in [-0.15, -0.1) is 0 Å². The topological polar surface area (TPSA) is 301 Å². The van der Waals surface area contributed by atoms with E-state index in [-0.39, 0.29) is 16.7 Å². The number of phenolic OH excluding ortho intramolecular Hbond substituents is 6. The van der Waals surface area contributed by atoms with Crippen molar-refractivity contribution in [2.24, 2.45) is 5.92 Å². The molecule has 0 radical (unpaired) electrons. The van der Waals surface area contributed by atoms with Crippen LogP contribution in [0.4, 0.5) is 0 Å². The molecule has 18 nitrogen and oxygen atoms in total. The Morgan fingerprint density at radius 2 is 0.782 bits per heavy atom. The van der Waals surface area contributed by atoms with Crippen LogP contribution in [0.5, 0.6) is 34.5 Å². The average molecular weight is 767 g/mol. The lowest BCUT2D eigenvalue weighted by Gasteiger charge is -2.32. The number of carboxylic acids is 2. The number of ether oxygens (including phenoxy) is 4. The van der Waals surface area contributed by atoms with E-state index in [1.54, 1.807) is 0 Å². The SMILES string of the molecule is CC(C)C(=O)O[C@H](C(=O)O)[C@H](OC(=O)/C=C/c1ccc(O)c(O)c1)[C@@H](OC(=O)/C=C/c1ccc(O)c(O)c1)[C@H](OC(=O)/C=C/c1ccc(O)c(O)c1)C(=O)O. The third-order valence-electron chi connectivity index (χ3n) is 7.10. The van der Waals surface area contributed by atoms with Crippen molar-refractivity contribution in [2.45, 2.75) is 38.3 Å². The van der Waals surface area contributed by atoms with Crippen molar-refractivity contribution in [2.75, 3.05) is 0 Å². The highest BCUT2D eigenvalue weighted by Gasteiger charge is 2.50. The molecule has 0 aromatic heterocycles. The second kappa shape index (κ2) is 18.8. The van der Waals surface area contributed by atoms with Crippen molar-refractivity contribution in [3.63, 3.8) is 0 Å². The van der Waals surface area contributed by atoms with Crippen molar-refractivity contribution in [3.8, 4) is 34.5 Å². The molecule has 8 N–H and O–H groups in total. The van der Waals surface area contributed by atoms with Crippen LogP contribution in [0.15, 0.2) is 72.8 Å². The van der Waals surface area contributed by atoms with E-state index in [9.17, 15) is 69.6 Å². The van der Waals surface area contributed by atoms with E-state index in [0.717, 1.165) is 54.6 Å². The maximum atomic E-state index is 13.2. The van der Waals surface area contributed by atoms with Gasteiger partial charge in [-0.05, 0) is 71.3 Å². The van der Waals surface area contributed by atoms with Crippen molar-refractivity contribution in [1.82, 2.24) is 0 Å². The Hall–Kier alpha value is -7.50. The van der Waals surface area contributed by atoms with E-state index >= 15 is 0 Å². The Kier molecular flexibility index (Phi) is 14.4. The summed E-state index contributed by atoms with van der Waals surface area (Å²) < 4.78 is 20.6. The van der Waals surface area contributed by atoms with E-state index in [4.69, 9.17) is 18.9 Å². The lowest BCUT2D eigenvalue weighted by molar-refractivity contribution is -0.205. The summed E-state index contributed by atoms with van der Waals surface area (Å²) in [7, 11) is 0. The molecule has 0 amide bonds. The standard InChI is InChI=1S/C37H34O18/c1-18(2)37(51)55-34(36(49)50)32(53-29(45)13-7-20-4-10-23(39)26(42)16-20)31(52-28(44)12-6-19-3-9-22(38)25(41)15-19)33(35(47)48)54-30(46)14-8-21-5-11-24(40)27(43)17-21/h3-18,31-34,38-43H,1-2H3,(H,47,48)(H,49,50)/b12-6+,13-7+,14-8+/t31-,32-,33+,34+/m1/s1. The van der Waals surface area contributed by atoms with Crippen LogP contribution in [0.1, 0.15) is 30.5 Å². The summed E-state index contributed by atoms with van der Waals surface area (Å²) in [5, 5.41) is 78.3. The van der Waals surface area contributed by atoms with Gasteiger partial charge < -0.3 is 59.8 Å². The average Bonchev–Trinajstić information content (AvgIpc) is 3.12. The van der Waals surface area contributed by atoms with Gasteiger partial charge in [-0.1, -0.05) is 32.0 Å². The summed E-state index contributed by atoms with van der Waals surface area (Å²) in [6.45, 7) is 2.62. The highest BCUT2D eigenvalue weighted by molar-refractivity contribution is 5.91. The number of rotatable bonds is 16. The molecule has 0 heterocycles. The van der Waals surface area contributed by atoms with Gasteiger partial charge in [-0.3, -0.25) is 4.79 Å². The molecule has 3 aromatic carbocycles. The Morgan fingerprint density at radius 3 is 1.07 bits per heavy atom. The molecule has 18 heteroatoms. The molecular weight excluding hydrogens is 732 g/mol. The first-order valence-corrected chi connectivity index (χ1v) is 15.7. The number of carbonyl (C=O) groups excluding carboxylic acids is 4. The molecule has 0 saturated carbocycles. The Morgan fingerprint density at radius 1 is 0.473 bits per heavy atom. The molecule has 55 heavy (non-hydrogen) atoms. The zero-order valence-corrected chi connectivity index (χ0v) is 28.7. The minimum Gasteiger partial charge on any atom is -0.504 e. The van der Waals surface area contributed by atoms with Gasteiger partial charge in [0.15, 0.2) is 46.7 Å². The van der Waals surface area contributed by atoms with Crippen LogP contribution >= 0.6 is 0 Å². The largest absolute Gasteiger partial charge is 0.504 e. The second-order valence-corrected chi connectivity index (χ2v) is 11.6. The summed E-state index contributed by atoms with van der Waals surface area (Å²) in [5.41, 5.74) is 0.307. The number of carbonyl (C=O) groups is 6. The minimum absolute atomic E-state index is 0.0954. The van der Waals surface area contributed by atoms with Gasteiger partial charge >= 0.3 is 35.8 Å². The normalized spacial score (nSPS) is 13.6. The van der Waals surface area contributed by atoms with E-state index in [0.29, 0.717) is 18.2 Å². The van der Waals surface area contributed by atoms with E-state index < -0.39 is 101 Å². The molecule has 0 bridgehead atoms. The van der Waals surface area contributed by atoms with Crippen LogP contribution in [-0.4, -0.2) is 101 Å². The molecule has 0 aliphatic carbocycles. The molecule has 0 aliphatic heterocycles. The number of aliphatic carboxylic acids is 2. The summed E-state index contributed by atoms with van der Waals surface area (Å²) in [6.07, 6.45) is -5.47. The van der Waals surface area contributed by atoms with Crippen LogP contribution < -0.4 is 0 Å². The first-order chi connectivity index (χ1) is 25.9.